The lowest BCUT2D eigenvalue weighted by Crippen LogP contribution is -2.15. The topological polar surface area (TPSA) is 26.0 Å². The molecule has 102 valence electrons. The molecule has 1 aliphatic rings. The number of nitrogens with two attached hydrogens (primary N) is 1. The summed E-state index contributed by atoms with van der Waals surface area (Å²) in [7, 11) is 0. The van der Waals surface area contributed by atoms with E-state index in [0.29, 0.717) is 6.54 Å². The second-order valence-electron chi connectivity index (χ2n) is 5.37. The molecule has 0 spiro atoms. The van der Waals surface area contributed by atoms with Gasteiger partial charge in [0.1, 0.15) is 0 Å². The van der Waals surface area contributed by atoms with Crippen molar-refractivity contribution in [1.29, 1.82) is 0 Å². The Labute approximate surface area is 121 Å². The van der Waals surface area contributed by atoms with Crippen LogP contribution in [-0.2, 0) is 5.75 Å². The maximum absolute atomic E-state index is 5.45. The summed E-state index contributed by atoms with van der Waals surface area (Å²) in [6, 6.07) is 8.45. The molecule has 2 heteroatoms. The fourth-order valence-electron chi connectivity index (χ4n) is 2.65. The number of hydrogen-bond donors (Lipinski definition) is 1. The van der Waals surface area contributed by atoms with Crippen LogP contribution < -0.4 is 5.73 Å². The zero-order chi connectivity index (χ0) is 13.5. The fourth-order valence-corrected chi connectivity index (χ4v) is 4.12. The van der Waals surface area contributed by atoms with Gasteiger partial charge in [0.25, 0.3) is 0 Å². The molecule has 0 amide bonds. The maximum Gasteiger partial charge on any atom is 0.0555 e. The van der Waals surface area contributed by atoms with Gasteiger partial charge in [-0.25, -0.2) is 0 Å². The molecule has 1 fully saturated rings. The first-order chi connectivity index (χ1) is 9.29. The van der Waals surface area contributed by atoms with E-state index in [4.69, 9.17) is 5.73 Å². The molecule has 1 aromatic carbocycles. The minimum absolute atomic E-state index is 0.432. The van der Waals surface area contributed by atoms with Crippen LogP contribution in [0, 0.1) is 17.8 Å². The van der Waals surface area contributed by atoms with Crippen molar-refractivity contribution in [2.75, 3.05) is 6.54 Å². The highest BCUT2D eigenvalue weighted by molar-refractivity contribution is 7.99. The minimum atomic E-state index is 0.432. The van der Waals surface area contributed by atoms with Crippen LogP contribution >= 0.6 is 11.8 Å². The van der Waals surface area contributed by atoms with E-state index in [1.165, 1.54) is 31.2 Å². The molecule has 2 unspecified atom stereocenters. The molecule has 2 N–H and O–H groups in total. The van der Waals surface area contributed by atoms with E-state index < -0.39 is 0 Å². The van der Waals surface area contributed by atoms with Gasteiger partial charge in [0.2, 0.25) is 0 Å². The summed E-state index contributed by atoms with van der Waals surface area (Å²) < 4.78 is 0. The van der Waals surface area contributed by atoms with Crippen molar-refractivity contribution in [3.8, 4) is 11.8 Å². The average Bonchev–Trinajstić information content (AvgIpc) is 2.44. The highest BCUT2D eigenvalue weighted by Crippen LogP contribution is 2.33. The van der Waals surface area contributed by atoms with E-state index in [1.54, 1.807) is 0 Å². The molecule has 0 radical (unpaired) electrons. The van der Waals surface area contributed by atoms with Crippen LogP contribution in [0.3, 0.4) is 0 Å². The van der Waals surface area contributed by atoms with Crippen molar-refractivity contribution >= 4 is 11.8 Å². The van der Waals surface area contributed by atoms with E-state index in [-0.39, 0.29) is 0 Å². The van der Waals surface area contributed by atoms with Crippen molar-refractivity contribution in [3.63, 3.8) is 0 Å². The number of benzene rings is 1. The van der Waals surface area contributed by atoms with E-state index in [1.807, 2.05) is 0 Å². The second kappa shape index (κ2) is 7.62. The molecule has 0 aliphatic heterocycles. The first-order valence-corrected chi connectivity index (χ1v) is 8.23. The highest BCUT2D eigenvalue weighted by Gasteiger charge is 2.19. The number of thioether (sulfide) groups is 1. The van der Waals surface area contributed by atoms with Gasteiger partial charge in [-0.05, 0) is 30.4 Å². The zero-order valence-corrected chi connectivity index (χ0v) is 12.5. The van der Waals surface area contributed by atoms with Crippen LogP contribution in [-0.4, -0.2) is 11.8 Å². The second-order valence-corrected chi connectivity index (χ2v) is 6.66. The first kappa shape index (κ1) is 14.5. The summed E-state index contributed by atoms with van der Waals surface area (Å²) in [6.07, 6.45) is 5.57. The molecule has 1 nitrogen and oxygen atoms in total. The van der Waals surface area contributed by atoms with Crippen LogP contribution in [0.15, 0.2) is 24.3 Å². The zero-order valence-electron chi connectivity index (χ0n) is 11.7. The standard InChI is InChI=1S/C17H23NS/c1-14-6-4-10-17(12-14)19-13-16-8-3-2-7-15(16)9-5-11-18/h2-3,7-8,14,17H,4,6,10-13,18H2,1H3. The van der Waals surface area contributed by atoms with Gasteiger partial charge in [-0.15, -0.1) is 0 Å². The number of rotatable bonds is 3. The molecule has 0 bridgehead atoms. The monoisotopic (exact) mass is 273 g/mol. The average molecular weight is 273 g/mol. The predicted octanol–water partition coefficient (Wildman–Crippen LogP) is 3.81. The van der Waals surface area contributed by atoms with Gasteiger partial charge in [-0.2, -0.15) is 11.8 Å². The molecule has 2 atom stereocenters. The van der Waals surface area contributed by atoms with Gasteiger partial charge in [0.15, 0.2) is 0 Å². The van der Waals surface area contributed by atoms with Crippen LogP contribution in [0.5, 0.6) is 0 Å². The van der Waals surface area contributed by atoms with Gasteiger partial charge in [-0.3, -0.25) is 0 Å². The van der Waals surface area contributed by atoms with Crippen molar-refractivity contribution in [3.05, 3.63) is 35.4 Å². The third-order valence-corrected chi connectivity index (χ3v) is 5.08. The Morgan fingerprint density at radius 3 is 2.95 bits per heavy atom. The molecule has 0 heterocycles. The molecule has 19 heavy (non-hydrogen) atoms. The summed E-state index contributed by atoms with van der Waals surface area (Å²) >= 11 is 2.10. The van der Waals surface area contributed by atoms with E-state index in [0.717, 1.165) is 22.5 Å². The minimum Gasteiger partial charge on any atom is -0.320 e. The van der Waals surface area contributed by atoms with Crippen molar-refractivity contribution in [1.82, 2.24) is 0 Å². The van der Waals surface area contributed by atoms with Gasteiger partial charge in [0, 0.05) is 16.6 Å². The highest BCUT2D eigenvalue weighted by atomic mass is 32.2. The van der Waals surface area contributed by atoms with Crippen molar-refractivity contribution < 1.29 is 0 Å². The fraction of sp³-hybridized carbons (Fsp3) is 0.529. The van der Waals surface area contributed by atoms with Gasteiger partial charge in [-0.1, -0.05) is 49.8 Å². The summed E-state index contributed by atoms with van der Waals surface area (Å²) in [6.45, 7) is 2.81. The third-order valence-electron chi connectivity index (χ3n) is 3.71. The Morgan fingerprint density at radius 1 is 1.32 bits per heavy atom. The normalized spacial score (nSPS) is 22.6. The van der Waals surface area contributed by atoms with Gasteiger partial charge < -0.3 is 5.73 Å². The molecule has 1 aliphatic carbocycles. The molecule has 0 aromatic heterocycles. The Balaban J connectivity index is 1.95. The van der Waals surface area contributed by atoms with Gasteiger partial charge >= 0.3 is 0 Å². The first-order valence-electron chi connectivity index (χ1n) is 7.18. The lowest BCUT2D eigenvalue weighted by Gasteiger charge is -2.26. The molecule has 1 saturated carbocycles. The van der Waals surface area contributed by atoms with E-state index >= 15 is 0 Å². The molecular formula is C17H23NS. The lowest BCUT2D eigenvalue weighted by atomic mass is 9.91. The van der Waals surface area contributed by atoms with Gasteiger partial charge in [0.05, 0.1) is 6.54 Å². The number of hydrogen-bond acceptors (Lipinski definition) is 2. The Hall–Kier alpha value is -0.910. The summed E-state index contributed by atoms with van der Waals surface area (Å²) in [5.74, 6) is 8.12. The Bertz CT molecular complexity index is 458. The van der Waals surface area contributed by atoms with Crippen LogP contribution in [0.1, 0.15) is 43.7 Å². The lowest BCUT2D eigenvalue weighted by molar-refractivity contribution is 0.394. The van der Waals surface area contributed by atoms with Crippen molar-refractivity contribution in [2.45, 2.75) is 43.6 Å². The molecule has 0 saturated heterocycles. The van der Waals surface area contributed by atoms with E-state index in [9.17, 15) is 0 Å². The van der Waals surface area contributed by atoms with Crippen LogP contribution in [0.4, 0.5) is 0 Å². The summed E-state index contributed by atoms with van der Waals surface area (Å²) in [5.41, 5.74) is 7.95. The van der Waals surface area contributed by atoms with E-state index in [2.05, 4.69) is 54.8 Å². The predicted molar refractivity (Wildman–Crippen MR) is 85.1 cm³/mol. The molecule has 2 rings (SSSR count). The smallest absolute Gasteiger partial charge is 0.0555 e. The maximum atomic E-state index is 5.45. The Morgan fingerprint density at radius 2 is 2.16 bits per heavy atom. The van der Waals surface area contributed by atoms with Crippen LogP contribution in [0.2, 0.25) is 0 Å². The summed E-state index contributed by atoms with van der Waals surface area (Å²) in [4.78, 5) is 0. The van der Waals surface area contributed by atoms with Crippen molar-refractivity contribution in [2.24, 2.45) is 11.7 Å². The quantitative estimate of drug-likeness (QED) is 0.848. The summed E-state index contributed by atoms with van der Waals surface area (Å²) in [5, 5.41) is 0.833. The molecular weight excluding hydrogens is 250 g/mol. The largest absolute Gasteiger partial charge is 0.320 e. The SMILES string of the molecule is CC1CCCC(SCc2ccccc2C#CCN)C1. The van der Waals surface area contributed by atoms with Crippen LogP contribution in [0.25, 0.3) is 0 Å². The Kier molecular flexibility index (Phi) is 5.82. The third kappa shape index (κ3) is 4.60. The molecule has 1 aromatic rings.